The molecule has 0 aromatic heterocycles. The summed E-state index contributed by atoms with van der Waals surface area (Å²) in [6.07, 6.45) is 7.82. The zero-order valence-corrected chi connectivity index (χ0v) is 15.2. The smallest absolute Gasteiger partial charge is 0.313 e. The molecular formula is C21H28N2O2. The average Bonchev–Trinajstić information content (AvgIpc) is 2.55. The fraction of sp³-hybridized carbons (Fsp3) is 0.619. The second kappa shape index (κ2) is 6.15. The molecule has 4 aliphatic carbocycles. The van der Waals surface area contributed by atoms with Crippen LogP contribution in [0.25, 0.3) is 0 Å². The van der Waals surface area contributed by atoms with Gasteiger partial charge in [0.2, 0.25) is 0 Å². The molecule has 2 amide bonds. The first-order valence-electron chi connectivity index (χ1n) is 9.62. The predicted octanol–water partition coefficient (Wildman–Crippen LogP) is 3.65. The van der Waals surface area contributed by atoms with Crippen molar-refractivity contribution in [1.29, 1.82) is 0 Å². The molecule has 4 saturated carbocycles. The third kappa shape index (κ3) is 3.19. The predicted molar refractivity (Wildman–Crippen MR) is 98.0 cm³/mol. The van der Waals surface area contributed by atoms with Crippen molar-refractivity contribution in [3.05, 3.63) is 29.8 Å². The Morgan fingerprint density at radius 1 is 0.960 bits per heavy atom. The molecule has 4 bridgehead atoms. The van der Waals surface area contributed by atoms with Crippen LogP contribution < -0.4 is 10.6 Å². The summed E-state index contributed by atoms with van der Waals surface area (Å²) in [5.74, 6) is 1.44. The number of aryl methyl sites for hydroxylation is 1. The first-order valence-corrected chi connectivity index (χ1v) is 9.62. The molecule has 0 spiro atoms. The maximum Gasteiger partial charge on any atom is 0.313 e. The Balaban J connectivity index is 1.38. The van der Waals surface area contributed by atoms with Crippen LogP contribution in [0.2, 0.25) is 0 Å². The summed E-state index contributed by atoms with van der Waals surface area (Å²) in [5.41, 5.74) is 2.00. The molecule has 4 fully saturated rings. The van der Waals surface area contributed by atoms with E-state index in [-0.39, 0.29) is 11.5 Å². The third-order valence-corrected chi connectivity index (χ3v) is 6.87. The number of hydrogen-bond acceptors (Lipinski definition) is 2. The number of benzene rings is 1. The van der Waals surface area contributed by atoms with Crippen LogP contribution in [0.15, 0.2) is 24.3 Å². The quantitative estimate of drug-likeness (QED) is 0.825. The van der Waals surface area contributed by atoms with E-state index in [0.29, 0.717) is 5.69 Å². The minimum Gasteiger partial charge on any atom is -0.345 e. The van der Waals surface area contributed by atoms with E-state index in [1.54, 1.807) is 0 Å². The van der Waals surface area contributed by atoms with E-state index in [9.17, 15) is 9.59 Å². The van der Waals surface area contributed by atoms with Crippen LogP contribution in [0.4, 0.5) is 5.69 Å². The monoisotopic (exact) mass is 340 g/mol. The molecule has 4 aliphatic rings. The van der Waals surface area contributed by atoms with Gasteiger partial charge in [-0.15, -0.1) is 0 Å². The Kier molecular flexibility index (Phi) is 4.09. The van der Waals surface area contributed by atoms with Gasteiger partial charge in [0, 0.05) is 11.7 Å². The zero-order chi connectivity index (χ0) is 17.6. The van der Waals surface area contributed by atoms with E-state index >= 15 is 0 Å². The van der Waals surface area contributed by atoms with Crippen molar-refractivity contribution in [2.75, 3.05) is 5.32 Å². The number of anilines is 1. The van der Waals surface area contributed by atoms with Crippen molar-refractivity contribution in [3.63, 3.8) is 0 Å². The molecule has 4 nitrogen and oxygen atoms in total. The zero-order valence-electron chi connectivity index (χ0n) is 15.2. The molecule has 1 aromatic carbocycles. The van der Waals surface area contributed by atoms with Crippen molar-refractivity contribution in [2.45, 2.75) is 58.4 Å². The summed E-state index contributed by atoms with van der Waals surface area (Å²) in [4.78, 5) is 24.6. The van der Waals surface area contributed by atoms with E-state index < -0.39 is 11.8 Å². The molecule has 1 aromatic rings. The van der Waals surface area contributed by atoms with Gasteiger partial charge < -0.3 is 10.6 Å². The third-order valence-electron chi connectivity index (χ3n) is 6.87. The lowest BCUT2D eigenvalue weighted by Crippen LogP contribution is -2.57. The molecule has 1 unspecified atom stereocenters. The molecule has 134 valence electrons. The van der Waals surface area contributed by atoms with Crippen molar-refractivity contribution >= 4 is 17.5 Å². The van der Waals surface area contributed by atoms with Gasteiger partial charge in [-0.1, -0.05) is 17.7 Å². The highest BCUT2D eigenvalue weighted by molar-refractivity contribution is 6.39. The molecule has 1 atom stereocenters. The standard InChI is InChI=1S/C21H28N2O2/c1-13-3-5-18(6-4-13)23-20(25)19(24)22-14(2)21-10-15-7-16(11-21)9-17(8-15)12-21/h3-6,14-17H,7-12H2,1-2H3,(H,22,24)(H,23,25). The summed E-state index contributed by atoms with van der Waals surface area (Å²) in [7, 11) is 0. The van der Waals surface area contributed by atoms with Crippen molar-refractivity contribution < 1.29 is 9.59 Å². The minimum atomic E-state index is -0.569. The van der Waals surface area contributed by atoms with Crippen molar-refractivity contribution in [3.8, 4) is 0 Å². The van der Waals surface area contributed by atoms with Crippen molar-refractivity contribution in [2.24, 2.45) is 23.2 Å². The average molecular weight is 340 g/mol. The van der Waals surface area contributed by atoms with Gasteiger partial charge in [-0.2, -0.15) is 0 Å². The molecule has 0 saturated heterocycles. The lowest BCUT2D eigenvalue weighted by atomic mass is 9.48. The van der Waals surface area contributed by atoms with Gasteiger partial charge in [0.25, 0.3) is 0 Å². The molecule has 0 radical (unpaired) electrons. The Bertz CT molecular complexity index is 644. The number of amides is 2. The van der Waals surface area contributed by atoms with Gasteiger partial charge in [-0.05, 0) is 87.7 Å². The molecule has 2 N–H and O–H groups in total. The van der Waals surface area contributed by atoms with Crippen LogP contribution in [0.1, 0.15) is 51.0 Å². The van der Waals surface area contributed by atoms with Gasteiger partial charge >= 0.3 is 11.8 Å². The molecule has 0 aliphatic heterocycles. The highest BCUT2D eigenvalue weighted by atomic mass is 16.2. The summed E-state index contributed by atoms with van der Waals surface area (Å²) >= 11 is 0. The van der Waals surface area contributed by atoms with Crippen LogP contribution in [0, 0.1) is 30.1 Å². The Hall–Kier alpha value is -1.84. The van der Waals surface area contributed by atoms with Crippen LogP contribution in [0.5, 0.6) is 0 Å². The van der Waals surface area contributed by atoms with E-state index in [2.05, 4.69) is 17.6 Å². The summed E-state index contributed by atoms with van der Waals surface area (Å²) in [6.45, 7) is 4.09. The lowest BCUT2D eigenvalue weighted by Gasteiger charge is -2.59. The minimum absolute atomic E-state index is 0.0668. The second-order valence-corrected chi connectivity index (χ2v) is 8.80. The van der Waals surface area contributed by atoms with E-state index in [1.165, 1.54) is 38.5 Å². The maximum absolute atomic E-state index is 12.4. The SMILES string of the molecule is Cc1ccc(NC(=O)C(=O)NC(C)C23CC4CC(CC(C4)C2)C3)cc1. The molecule has 0 heterocycles. The molecule has 25 heavy (non-hydrogen) atoms. The Labute approximate surface area is 149 Å². The van der Waals surface area contributed by atoms with E-state index in [1.807, 2.05) is 31.2 Å². The first kappa shape index (κ1) is 16.6. The normalized spacial score (nSPS) is 33.8. The van der Waals surface area contributed by atoms with Gasteiger partial charge in [0.15, 0.2) is 0 Å². The number of carbonyl (C=O) groups excluding carboxylic acids is 2. The van der Waals surface area contributed by atoms with Gasteiger partial charge in [-0.3, -0.25) is 9.59 Å². The largest absolute Gasteiger partial charge is 0.345 e. The number of carbonyl (C=O) groups is 2. The van der Waals surface area contributed by atoms with Crippen LogP contribution in [-0.2, 0) is 9.59 Å². The highest BCUT2D eigenvalue weighted by Crippen LogP contribution is 2.61. The number of hydrogen-bond donors (Lipinski definition) is 2. The van der Waals surface area contributed by atoms with Crippen molar-refractivity contribution in [1.82, 2.24) is 5.32 Å². The molecule has 4 heteroatoms. The molecule has 5 rings (SSSR count). The van der Waals surface area contributed by atoms with Crippen LogP contribution in [-0.4, -0.2) is 17.9 Å². The van der Waals surface area contributed by atoms with Crippen LogP contribution >= 0.6 is 0 Å². The van der Waals surface area contributed by atoms with Gasteiger partial charge in [0.05, 0.1) is 0 Å². The number of rotatable bonds is 3. The van der Waals surface area contributed by atoms with Gasteiger partial charge in [-0.25, -0.2) is 0 Å². The first-order chi connectivity index (χ1) is 11.9. The topological polar surface area (TPSA) is 58.2 Å². The Morgan fingerprint density at radius 3 is 2.00 bits per heavy atom. The molecular weight excluding hydrogens is 312 g/mol. The van der Waals surface area contributed by atoms with Gasteiger partial charge in [0.1, 0.15) is 0 Å². The second-order valence-electron chi connectivity index (χ2n) is 8.80. The fourth-order valence-corrected chi connectivity index (χ4v) is 5.95. The Morgan fingerprint density at radius 2 is 1.48 bits per heavy atom. The van der Waals surface area contributed by atoms with E-state index in [4.69, 9.17) is 0 Å². The summed E-state index contributed by atoms with van der Waals surface area (Å²) < 4.78 is 0. The maximum atomic E-state index is 12.4. The summed E-state index contributed by atoms with van der Waals surface area (Å²) in [6, 6.07) is 7.56. The number of nitrogens with one attached hydrogen (secondary N) is 2. The van der Waals surface area contributed by atoms with Crippen LogP contribution in [0.3, 0.4) is 0 Å². The lowest BCUT2D eigenvalue weighted by molar-refractivity contribution is -0.138. The van der Waals surface area contributed by atoms with E-state index in [0.717, 1.165) is 23.3 Å². The highest BCUT2D eigenvalue weighted by Gasteiger charge is 2.53. The summed E-state index contributed by atoms with van der Waals surface area (Å²) in [5, 5.41) is 5.71. The fourth-order valence-electron chi connectivity index (χ4n) is 5.95.